The highest BCUT2D eigenvalue weighted by Crippen LogP contribution is 2.58. The fraction of sp³-hybridized carbons (Fsp3) is 0.167. The van der Waals surface area contributed by atoms with Gasteiger partial charge in [-0.25, -0.2) is 0 Å². The molecule has 5 heteroatoms. The van der Waals surface area contributed by atoms with Crippen LogP contribution in [0.1, 0.15) is 23.0 Å². The molecule has 0 radical (unpaired) electrons. The number of rotatable bonds is 5. The molecule has 2 N–H and O–H groups in total. The quantitative estimate of drug-likeness (QED) is 0.506. The number of carboxylic acid groups (broad SMARTS) is 1. The van der Waals surface area contributed by atoms with Gasteiger partial charge in [-0.1, -0.05) is 60.7 Å². The largest absolute Gasteiger partial charge is 0.508 e. The van der Waals surface area contributed by atoms with E-state index in [1.165, 1.54) is 24.3 Å². The van der Waals surface area contributed by atoms with Crippen molar-refractivity contribution < 1.29 is 24.5 Å². The summed E-state index contributed by atoms with van der Waals surface area (Å²) in [7, 11) is 0. The van der Waals surface area contributed by atoms with E-state index in [1.54, 1.807) is 0 Å². The van der Waals surface area contributed by atoms with Gasteiger partial charge in [0, 0.05) is 11.8 Å². The Balaban J connectivity index is 1.71. The van der Waals surface area contributed by atoms with Gasteiger partial charge in [0.2, 0.25) is 0 Å². The van der Waals surface area contributed by atoms with E-state index in [9.17, 15) is 19.8 Å². The molecule has 146 valence electrons. The average Bonchev–Trinajstić information content (AvgIpc) is 2.70. The van der Waals surface area contributed by atoms with Crippen molar-refractivity contribution in [2.45, 2.75) is 11.8 Å². The second kappa shape index (κ2) is 7.80. The number of esters is 1. The third kappa shape index (κ3) is 3.59. The van der Waals surface area contributed by atoms with Crippen LogP contribution in [0.4, 0.5) is 0 Å². The molecule has 3 aromatic rings. The van der Waals surface area contributed by atoms with Crippen LogP contribution in [0.15, 0.2) is 84.9 Å². The summed E-state index contributed by atoms with van der Waals surface area (Å²) < 4.78 is 5.56. The second-order valence-corrected chi connectivity index (χ2v) is 7.18. The number of phenols is 1. The zero-order valence-corrected chi connectivity index (χ0v) is 15.5. The van der Waals surface area contributed by atoms with E-state index in [0.717, 1.165) is 11.1 Å². The van der Waals surface area contributed by atoms with Gasteiger partial charge in [-0.15, -0.1) is 0 Å². The first kappa shape index (κ1) is 18.7. The molecule has 2 unspecified atom stereocenters. The van der Waals surface area contributed by atoms with E-state index < -0.39 is 35.6 Å². The van der Waals surface area contributed by atoms with Gasteiger partial charge in [-0.2, -0.15) is 0 Å². The first-order valence-corrected chi connectivity index (χ1v) is 9.39. The SMILES string of the molecule is O=C(O)C1[C@@H](c2ccccc2)C(C(=O)Oc2ccc(O)cc2)[C@H]1c1ccccc1. The van der Waals surface area contributed by atoms with E-state index in [0.29, 0.717) is 5.75 Å². The predicted molar refractivity (Wildman–Crippen MR) is 107 cm³/mol. The summed E-state index contributed by atoms with van der Waals surface area (Å²) in [5.74, 6) is -3.34. The number of hydrogen-bond donors (Lipinski definition) is 2. The van der Waals surface area contributed by atoms with Crippen LogP contribution in [0.2, 0.25) is 0 Å². The molecule has 0 heterocycles. The first-order valence-electron chi connectivity index (χ1n) is 9.39. The van der Waals surface area contributed by atoms with Gasteiger partial charge in [0.25, 0.3) is 0 Å². The van der Waals surface area contributed by atoms with Gasteiger partial charge in [-0.3, -0.25) is 9.59 Å². The van der Waals surface area contributed by atoms with Gasteiger partial charge < -0.3 is 14.9 Å². The normalized spacial score (nSPS) is 23.0. The van der Waals surface area contributed by atoms with Gasteiger partial charge in [0.05, 0.1) is 11.8 Å². The molecule has 0 saturated heterocycles. The van der Waals surface area contributed by atoms with E-state index in [4.69, 9.17) is 4.74 Å². The average molecular weight is 388 g/mol. The number of benzene rings is 3. The van der Waals surface area contributed by atoms with Crippen molar-refractivity contribution in [2.24, 2.45) is 11.8 Å². The molecule has 1 aliphatic rings. The molecular formula is C24H20O5. The molecule has 0 aliphatic heterocycles. The van der Waals surface area contributed by atoms with Crippen LogP contribution in [0.5, 0.6) is 11.5 Å². The van der Waals surface area contributed by atoms with Gasteiger partial charge in [0.15, 0.2) is 0 Å². The third-order valence-corrected chi connectivity index (χ3v) is 5.53. The smallest absolute Gasteiger partial charge is 0.315 e. The summed E-state index contributed by atoms with van der Waals surface area (Å²) >= 11 is 0. The Morgan fingerprint density at radius 2 is 1.17 bits per heavy atom. The van der Waals surface area contributed by atoms with Crippen LogP contribution in [0, 0.1) is 11.8 Å². The molecule has 1 fully saturated rings. The van der Waals surface area contributed by atoms with Crippen molar-refractivity contribution in [2.75, 3.05) is 0 Å². The lowest BCUT2D eigenvalue weighted by Gasteiger charge is -2.48. The molecule has 3 aromatic carbocycles. The maximum Gasteiger partial charge on any atom is 0.315 e. The Bertz CT molecular complexity index is 951. The van der Waals surface area contributed by atoms with Crippen molar-refractivity contribution >= 4 is 11.9 Å². The van der Waals surface area contributed by atoms with Gasteiger partial charge >= 0.3 is 11.9 Å². The highest BCUT2D eigenvalue weighted by Gasteiger charge is 2.59. The van der Waals surface area contributed by atoms with Crippen molar-refractivity contribution in [3.63, 3.8) is 0 Å². The van der Waals surface area contributed by atoms with Crippen LogP contribution in [0.3, 0.4) is 0 Å². The fourth-order valence-electron chi connectivity index (χ4n) is 4.23. The highest BCUT2D eigenvalue weighted by atomic mass is 16.5. The van der Waals surface area contributed by atoms with Crippen molar-refractivity contribution in [3.8, 4) is 11.5 Å². The Kier molecular flexibility index (Phi) is 5.04. The fourth-order valence-corrected chi connectivity index (χ4v) is 4.23. The molecule has 1 aliphatic carbocycles. The Morgan fingerprint density at radius 1 is 0.690 bits per heavy atom. The topological polar surface area (TPSA) is 83.8 Å². The molecule has 0 aromatic heterocycles. The van der Waals surface area contributed by atoms with Gasteiger partial charge in [-0.05, 0) is 35.4 Å². The summed E-state index contributed by atoms with van der Waals surface area (Å²) in [6.45, 7) is 0. The lowest BCUT2D eigenvalue weighted by Crippen LogP contribution is -2.52. The van der Waals surface area contributed by atoms with Crippen molar-refractivity contribution in [1.29, 1.82) is 0 Å². The van der Waals surface area contributed by atoms with Gasteiger partial charge in [0.1, 0.15) is 11.5 Å². The monoisotopic (exact) mass is 388 g/mol. The zero-order valence-electron chi connectivity index (χ0n) is 15.5. The first-order chi connectivity index (χ1) is 14.1. The number of ether oxygens (including phenoxy) is 1. The molecule has 1 saturated carbocycles. The van der Waals surface area contributed by atoms with Crippen LogP contribution in [-0.2, 0) is 9.59 Å². The van der Waals surface area contributed by atoms with E-state index >= 15 is 0 Å². The number of aliphatic carboxylic acids is 1. The summed E-state index contributed by atoms with van der Waals surface area (Å²) in [5.41, 5.74) is 1.61. The molecule has 0 amide bonds. The van der Waals surface area contributed by atoms with Crippen LogP contribution >= 0.6 is 0 Å². The van der Waals surface area contributed by atoms with E-state index in [-0.39, 0.29) is 5.75 Å². The highest BCUT2D eigenvalue weighted by molar-refractivity contribution is 5.85. The number of carbonyl (C=O) groups is 2. The maximum absolute atomic E-state index is 13.1. The Hall–Kier alpha value is -3.60. The minimum atomic E-state index is -0.929. The summed E-state index contributed by atoms with van der Waals surface area (Å²) in [5, 5.41) is 19.4. The van der Waals surface area contributed by atoms with Crippen LogP contribution in [0.25, 0.3) is 0 Å². The summed E-state index contributed by atoms with van der Waals surface area (Å²) in [6, 6.07) is 24.4. The van der Waals surface area contributed by atoms with Crippen LogP contribution < -0.4 is 4.74 Å². The lowest BCUT2D eigenvalue weighted by molar-refractivity contribution is -0.158. The number of phenolic OH excluding ortho intramolecular Hbond substituents is 1. The standard InChI is InChI=1S/C24H20O5/c25-17-11-13-18(14-12-17)29-24(28)22-19(15-7-3-1-4-8-15)21(23(26)27)20(22)16-9-5-2-6-10-16/h1-14,19-22,25H,(H,26,27)/t19-,20+,21?,22?. The number of hydrogen-bond acceptors (Lipinski definition) is 4. The molecule has 29 heavy (non-hydrogen) atoms. The maximum atomic E-state index is 13.1. The zero-order chi connectivity index (χ0) is 20.4. The second-order valence-electron chi connectivity index (χ2n) is 7.18. The molecule has 0 spiro atoms. The number of carboxylic acids is 1. The Morgan fingerprint density at radius 3 is 1.62 bits per heavy atom. The van der Waals surface area contributed by atoms with E-state index in [1.807, 2.05) is 60.7 Å². The number of aromatic hydroxyl groups is 1. The number of carbonyl (C=O) groups excluding carboxylic acids is 1. The molecule has 4 rings (SSSR count). The van der Waals surface area contributed by atoms with Crippen LogP contribution in [-0.4, -0.2) is 22.2 Å². The Labute approximate surface area is 168 Å². The van der Waals surface area contributed by atoms with E-state index in [2.05, 4.69) is 0 Å². The summed E-state index contributed by atoms with van der Waals surface area (Å²) in [6.07, 6.45) is 0. The minimum absolute atomic E-state index is 0.0729. The third-order valence-electron chi connectivity index (χ3n) is 5.53. The summed E-state index contributed by atoms with van der Waals surface area (Å²) in [4.78, 5) is 25.3. The van der Waals surface area contributed by atoms with Crippen molar-refractivity contribution in [1.82, 2.24) is 0 Å². The molecule has 4 atom stereocenters. The molecular weight excluding hydrogens is 368 g/mol. The minimum Gasteiger partial charge on any atom is -0.508 e. The predicted octanol–water partition coefficient (Wildman–Crippen LogP) is 4.20. The molecule has 0 bridgehead atoms. The molecule has 5 nitrogen and oxygen atoms in total. The lowest BCUT2D eigenvalue weighted by atomic mass is 9.52. The van der Waals surface area contributed by atoms with Crippen molar-refractivity contribution in [3.05, 3.63) is 96.1 Å².